The number of nitrogens with zero attached hydrogens (tertiary/aromatic N) is 1. The molecule has 1 aliphatic heterocycles. The van der Waals surface area contributed by atoms with Gasteiger partial charge in [-0.3, -0.25) is 14.5 Å². The van der Waals surface area contributed by atoms with Gasteiger partial charge in [0.05, 0.1) is 18.6 Å². The van der Waals surface area contributed by atoms with Crippen molar-refractivity contribution in [3.63, 3.8) is 0 Å². The number of carbonyl (C=O) groups is 2. The molecule has 0 bridgehead atoms. The lowest BCUT2D eigenvalue weighted by atomic mass is 9.58. The summed E-state index contributed by atoms with van der Waals surface area (Å²) in [7, 11) is 0. The molecule has 1 aromatic rings. The molecule has 2 aliphatic rings. The molecule has 0 radical (unpaired) electrons. The van der Waals surface area contributed by atoms with E-state index in [4.69, 9.17) is 4.74 Å². The molecule has 1 aromatic carbocycles. The molecule has 1 heterocycles. The van der Waals surface area contributed by atoms with Gasteiger partial charge in [0.2, 0.25) is 5.91 Å². The minimum absolute atomic E-state index is 0.0347. The van der Waals surface area contributed by atoms with E-state index in [1.54, 1.807) is 6.92 Å². The Morgan fingerprint density at radius 3 is 2.64 bits per heavy atom. The fourth-order valence-electron chi connectivity index (χ4n) is 5.17. The Kier molecular flexibility index (Phi) is 6.23. The summed E-state index contributed by atoms with van der Waals surface area (Å²) in [5, 5.41) is 3.16. The topological polar surface area (TPSA) is 58.6 Å². The van der Waals surface area contributed by atoms with E-state index in [9.17, 15) is 9.59 Å². The van der Waals surface area contributed by atoms with Gasteiger partial charge < -0.3 is 10.1 Å². The third-order valence-corrected chi connectivity index (χ3v) is 6.31. The number of fused-ring (bicyclic) bond motifs is 1. The number of likely N-dealkylation sites (tertiary alicyclic amines) is 1. The molecule has 1 amide bonds. The number of ether oxygens (including phenoxy) is 1. The summed E-state index contributed by atoms with van der Waals surface area (Å²) in [5.41, 5.74) is 2.11. The highest BCUT2D eigenvalue weighted by Gasteiger charge is 2.53. The standard InChI is InChI=1S/C23H32N2O3/c1-5-28-22(27)19-13-16(2)21(24-17(3)26)23(4)15-25(12-11-20(19)23)14-18-9-7-6-8-10-18/h6-10,13,19-21H,5,11-12,14-15H2,1-4H3,(H,24,26)/t19-,20-,21+,23-/m0/s1. The van der Waals surface area contributed by atoms with Gasteiger partial charge in [-0.1, -0.05) is 48.9 Å². The van der Waals surface area contributed by atoms with Crippen LogP contribution in [-0.4, -0.2) is 42.5 Å². The predicted molar refractivity (Wildman–Crippen MR) is 109 cm³/mol. The van der Waals surface area contributed by atoms with E-state index in [2.05, 4.69) is 41.4 Å². The zero-order valence-electron chi connectivity index (χ0n) is 17.4. The highest BCUT2D eigenvalue weighted by Crippen LogP contribution is 2.49. The molecule has 1 aliphatic carbocycles. The van der Waals surface area contributed by atoms with Gasteiger partial charge in [0.25, 0.3) is 0 Å². The van der Waals surface area contributed by atoms with E-state index in [1.807, 2.05) is 26.0 Å². The van der Waals surface area contributed by atoms with Gasteiger partial charge in [0.15, 0.2) is 0 Å². The zero-order valence-corrected chi connectivity index (χ0v) is 17.4. The number of nitrogens with one attached hydrogen (secondary N) is 1. The van der Waals surface area contributed by atoms with Gasteiger partial charge in [-0.2, -0.15) is 0 Å². The van der Waals surface area contributed by atoms with Crippen LogP contribution >= 0.6 is 0 Å². The maximum atomic E-state index is 12.7. The lowest BCUT2D eigenvalue weighted by Gasteiger charge is -2.54. The number of amides is 1. The van der Waals surface area contributed by atoms with Crippen LogP contribution in [0.3, 0.4) is 0 Å². The Labute approximate surface area is 168 Å². The van der Waals surface area contributed by atoms with Crippen molar-refractivity contribution in [2.24, 2.45) is 17.3 Å². The van der Waals surface area contributed by atoms with E-state index < -0.39 is 0 Å². The van der Waals surface area contributed by atoms with Crippen molar-refractivity contribution >= 4 is 11.9 Å². The van der Waals surface area contributed by atoms with Gasteiger partial charge >= 0.3 is 5.97 Å². The molecular weight excluding hydrogens is 352 g/mol. The average Bonchev–Trinajstić information content (AvgIpc) is 2.64. The van der Waals surface area contributed by atoms with Crippen molar-refractivity contribution in [1.29, 1.82) is 0 Å². The molecule has 28 heavy (non-hydrogen) atoms. The van der Waals surface area contributed by atoms with Gasteiger partial charge in [-0.25, -0.2) is 0 Å². The third-order valence-electron chi connectivity index (χ3n) is 6.31. The van der Waals surface area contributed by atoms with Crippen molar-refractivity contribution in [2.75, 3.05) is 19.7 Å². The Bertz CT molecular complexity index is 745. The molecule has 1 N–H and O–H groups in total. The second kappa shape index (κ2) is 8.48. The van der Waals surface area contributed by atoms with E-state index in [0.717, 1.165) is 31.6 Å². The number of piperidine rings is 1. The number of rotatable bonds is 5. The largest absolute Gasteiger partial charge is 0.466 e. The number of hydrogen-bond donors (Lipinski definition) is 1. The number of esters is 1. The smallest absolute Gasteiger partial charge is 0.313 e. The average molecular weight is 385 g/mol. The molecule has 3 rings (SSSR count). The number of carbonyl (C=O) groups excluding carboxylic acids is 2. The summed E-state index contributed by atoms with van der Waals surface area (Å²) < 4.78 is 5.38. The van der Waals surface area contributed by atoms with Crippen LogP contribution in [0.2, 0.25) is 0 Å². The molecular formula is C23H32N2O3. The lowest BCUT2D eigenvalue weighted by molar-refractivity contribution is -0.152. The summed E-state index contributed by atoms with van der Waals surface area (Å²) in [6.45, 7) is 10.7. The van der Waals surface area contributed by atoms with Crippen LogP contribution < -0.4 is 5.32 Å². The van der Waals surface area contributed by atoms with Crippen molar-refractivity contribution < 1.29 is 14.3 Å². The summed E-state index contributed by atoms with van der Waals surface area (Å²) in [6, 6.07) is 10.4. The number of hydrogen-bond acceptors (Lipinski definition) is 4. The van der Waals surface area contributed by atoms with Crippen LogP contribution in [0.1, 0.15) is 39.7 Å². The van der Waals surface area contributed by atoms with Crippen molar-refractivity contribution in [2.45, 2.75) is 46.7 Å². The van der Waals surface area contributed by atoms with E-state index in [1.165, 1.54) is 5.56 Å². The summed E-state index contributed by atoms with van der Waals surface area (Å²) in [4.78, 5) is 27.0. The highest BCUT2D eigenvalue weighted by molar-refractivity contribution is 5.77. The minimum Gasteiger partial charge on any atom is -0.466 e. The molecule has 0 saturated carbocycles. The first kappa shape index (κ1) is 20.6. The van der Waals surface area contributed by atoms with Crippen molar-refractivity contribution in [3.8, 4) is 0 Å². The Balaban J connectivity index is 1.89. The van der Waals surface area contributed by atoms with E-state index in [0.29, 0.717) is 6.61 Å². The van der Waals surface area contributed by atoms with Crippen molar-refractivity contribution in [1.82, 2.24) is 10.2 Å². The van der Waals surface area contributed by atoms with Crippen LogP contribution in [0.4, 0.5) is 0 Å². The van der Waals surface area contributed by atoms with Crippen molar-refractivity contribution in [3.05, 3.63) is 47.5 Å². The second-order valence-electron chi connectivity index (χ2n) is 8.42. The fourth-order valence-corrected chi connectivity index (χ4v) is 5.17. The Hall–Kier alpha value is -2.14. The van der Waals surface area contributed by atoms with Crippen LogP contribution in [0, 0.1) is 17.3 Å². The molecule has 0 spiro atoms. The van der Waals surface area contributed by atoms with Crippen LogP contribution in [0.5, 0.6) is 0 Å². The molecule has 5 nitrogen and oxygen atoms in total. The normalized spacial score (nSPS) is 30.1. The molecule has 4 atom stereocenters. The third kappa shape index (κ3) is 4.14. The highest BCUT2D eigenvalue weighted by atomic mass is 16.5. The van der Waals surface area contributed by atoms with Gasteiger partial charge in [0, 0.05) is 25.4 Å². The van der Waals surface area contributed by atoms with Gasteiger partial charge in [0.1, 0.15) is 0 Å². The van der Waals surface area contributed by atoms with E-state index >= 15 is 0 Å². The van der Waals surface area contributed by atoms with Crippen LogP contribution in [0.25, 0.3) is 0 Å². The van der Waals surface area contributed by atoms with Crippen LogP contribution in [0.15, 0.2) is 42.0 Å². The summed E-state index contributed by atoms with van der Waals surface area (Å²) in [5.74, 6) is -0.267. The maximum Gasteiger partial charge on any atom is 0.313 e. The minimum atomic E-state index is -0.242. The fraction of sp³-hybridized carbons (Fsp3) is 0.565. The Morgan fingerprint density at radius 1 is 1.29 bits per heavy atom. The molecule has 152 valence electrons. The number of benzene rings is 1. The predicted octanol–water partition coefficient (Wildman–Crippen LogP) is 3.16. The van der Waals surface area contributed by atoms with Gasteiger partial charge in [-0.05, 0) is 38.3 Å². The molecule has 0 aromatic heterocycles. The molecule has 1 saturated heterocycles. The lowest BCUT2D eigenvalue weighted by Crippen LogP contribution is -2.62. The SMILES string of the molecule is CCOC(=O)[C@H]1C=C(C)[C@@H](NC(C)=O)[C@@]2(C)CN(Cc3ccccc3)CC[C@@H]12. The van der Waals surface area contributed by atoms with E-state index in [-0.39, 0.29) is 35.2 Å². The molecule has 1 fully saturated rings. The van der Waals surface area contributed by atoms with Crippen LogP contribution in [-0.2, 0) is 20.9 Å². The quantitative estimate of drug-likeness (QED) is 0.626. The molecule has 0 unspecified atom stereocenters. The Morgan fingerprint density at radius 2 is 2.00 bits per heavy atom. The summed E-state index contributed by atoms with van der Waals surface area (Å²) >= 11 is 0. The first-order valence-electron chi connectivity index (χ1n) is 10.2. The molecule has 5 heteroatoms. The first-order valence-corrected chi connectivity index (χ1v) is 10.2. The van der Waals surface area contributed by atoms with Gasteiger partial charge in [-0.15, -0.1) is 0 Å². The maximum absolute atomic E-state index is 12.7. The zero-order chi connectivity index (χ0) is 20.3. The first-order chi connectivity index (χ1) is 13.3. The monoisotopic (exact) mass is 384 g/mol. The second-order valence-corrected chi connectivity index (χ2v) is 8.42. The summed E-state index contributed by atoms with van der Waals surface area (Å²) in [6.07, 6.45) is 2.94.